The van der Waals surface area contributed by atoms with Crippen LogP contribution in [0.5, 0.6) is 0 Å². The third-order valence-corrected chi connectivity index (χ3v) is 6.22. The predicted molar refractivity (Wildman–Crippen MR) is 77.6 cm³/mol. The minimum absolute atomic E-state index is 0.0182. The fourth-order valence-corrected chi connectivity index (χ4v) is 4.55. The van der Waals surface area contributed by atoms with Crippen molar-refractivity contribution in [2.24, 2.45) is 5.92 Å². The van der Waals surface area contributed by atoms with Crippen molar-refractivity contribution >= 4 is 10.0 Å². The highest BCUT2D eigenvalue weighted by Gasteiger charge is 2.34. The Morgan fingerprint density at radius 3 is 2.65 bits per heavy atom. The minimum atomic E-state index is -3.47. The summed E-state index contributed by atoms with van der Waals surface area (Å²) in [6, 6.07) is 6.79. The van der Waals surface area contributed by atoms with E-state index < -0.39 is 10.0 Å². The number of nitriles is 1. The van der Waals surface area contributed by atoms with Crippen LogP contribution in [0.1, 0.15) is 37.8 Å². The molecule has 4 nitrogen and oxygen atoms in total. The maximum Gasteiger partial charge on any atom is 0.243 e. The molecule has 1 aromatic rings. The molecule has 1 aliphatic heterocycles. The summed E-state index contributed by atoms with van der Waals surface area (Å²) in [6.07, 6.45) is 1.97. The van der Waals surface area contributed by atoms with Gasteiger partial charge in [-0.05, 0) is 56.4 Å². The second-order valence-electron chi connectivity index (χ2n) is 5.56. The molecule has 5 heteroatoms. The summed E-state index contributed by atoms with van der Waals surface area (Å²) in [5, 5.41) is 8.93. The van der Waals surface area contributed by atoms with Crippen molar-refractivity contribution in [2.75, 3.05) is 6.54 Å². The molecular formula is C15H20N2O2S. The molecule has 0 radical (unpaired) electrons. The summed E-state index contributed by atoms with van der Waals surface area (Å²) in [6.45, 7) is 6.40. The third-order valence-electron chi connectivity index (χ3n) is 4.24. The van der Waals surface area contributed by atoms with Crippen LogP contribution in [0.25, 0.3) is 0 Å². The summed E-state index contributed by atoms with van der Waals surface area (Å²) in [5.74, 6) is 0.373. The molecule has 0 aliphatic carbocycles. The number of benzene rings is 1. The molecule has 0 saturated carbocycles. The summed E-state index contributed by atoms with van der Waals surface area (Å²) < 4.78 is 27.1. The van der Waals surface area contributed by atoms with Crippen LogP contribution >= 0.6 is 0 Å². The van der Waals surface area contributed by atoms with Crippen LogP contribution in [0, 0.1) is 24.2 Å². The van der Waals surface area contributed by atoms with E-state index in [9.17, 15) is 8.42 Å². The molecule has 0 amide bonds. The first kappa shape index (κ1) is 15.0. The van der Waals surface area contributed by atoms with Gasteiger partial charge in [-0.3, -0.25) is 0 Å². The molecule has 108 valence electrons. The van der Waals surface area contributed by atoms with Crippen molar-refractivity contribution in [2.45, 2.75) is 44.6 Å². The van der Waals surface area contributed by atoms with Crippen molar-refractivity contribution < 1.29 is 8.42 Å². The molecule has 2 unspecified atom stereocenters. The molecule has 0 bridgehead atoms. The van der Waals surface area contributed by atoms with Gasteiger partial charge in [0, 0.05) is 12.6 Å². The van der Waals surface area contributed by atoms with Crippen molar-refractivity contribution in [3.8, 4) is 6.07 Å². The lowest BCUT2D eigenvalue weighted by Gasteiger charge is -2.36. The van der Waals surface area contributed by atoms with E-state index in [0.29, 0.717) is 23.6 Å². The van der Waals surface area contributed by atoms with Crippen molar-refractivity contribution in [1.29, 1.82) is 5.26 Å². The summed E-state index contributed by atoms with van der Waals surface area (Å²) >= 11 is 0. The standard InChI is InChI=1S/C15H20N2O2S/c1-11-5-4-8-17(13(11)3)20(18,19)15-7-6-14(10-16)12(2)9-15/h6-7,9,11,13H,4-5,8H2,1-3H3. The van der Waals surface area contributed by atoms with Gasteiger partial charge >= 0.3 is 0 Å². The quantitative estimate of drug-likeness (QED) is 0.842. The SMILES string of the molecule is Cc1cc(S(=O)(=O)N2CCCC(C)C2C)ccc1C#N. The Morgan fingerprint density at radius 1 is 1.35 bits per heavy atom. The van der Waals surface area contributed by atoms with Gasteiger partial charge in [-0.15, -0.1) is 0 Å². The number of aryl methyl sites for hydroxylation is 1. The van der Waals surface area contributed by atoms with Gasteiger partial charge in [0.25, 0.3) is 0 Å². The van der Waals surface area contributed by atoms with Crippen LogP contribution in [-0.4, -0.2) is 25.3 Å². The number of nitrogens with zero attached hydrogens (tertiary/aromatic N) is 2. The van der Waals surface area contributed by atoms with Gasteiger partial charge < -0.3 is 0 Å². The molecule has 2 rings (SSSR count). The van der Waals surface area contributed by atoms with E-state index in [1.807, 2.05) is 6.92 Å². The highest BCUT2D eigenvalue weighted by atomic mass is 32.2. The van der Waals surface area contributed by atoms with Gasteiger partial charge in [0.1, 0.15) is 0 Å². The highest BCUT2D eigenvalue weighted by Crippen LogP contribution is 2.29. The Bertz CT molecular complexity index is 646. The monoisotopic (exact) mass is 292 g/mol. The Morgan fingerprint density at radius 2 is 2.05 bits per heavy atom. The summed E-state index contributed by atoms with van der Waals surface area (Å²) in [4.78, 5) is 0.287. The first-order chi connectivity index (χ1) is 9.37. The Kier molecular flexibility index (Phi) is 4.17. The number of sulfonamides is 1. The molecule has 0 spiro atoms. The van der Waals surface area contributed by atoms with Gasteiger partial charge in [0.2, 0.25) is 10.0 Å². The fourth-order valence-electron chi connectivity index (χ4n) is 2.69. The molecule has 1 aromatic carbocycles. The van der Waals surface area contributed by atoms with E-state index in [1.165, 1.54) is 6.07 Å². The van der Waals surface area contributed by atoms with E-state index in [-0.39, 0.29) is 10.9 Å². The maximum atomic E-state index is 12.7. The van der Waals surface area contributed by atoms with Gasteiger partial charge in [-0.2, -0.15) is 9.57 Å². The molecule has 1 saturated heterocycles. The van der Waals surface area contributed by atoms with Crippen molar-refractivity contribution in [1.82, 2.24) is 4.31 Å². The van der Waals surface area contributed by atoms with E-state index in [1.54, 1.807) is 23.4 Å². The number of hydrogen-bond donors (Lipinski definition) is 0. The van der Waals surface area contributed by atoms with Gasteiger partial charge in [-0.1, -0.05) is 6.92 Å². The lowest BCUT2D eigenvalue weighted by Crippen LogP contribution is -2.45. The van der Waals surface area contributed by atoms with Crippen LogP contribution in [-0.2, 0) is 10.0 Å². The second-order valence-corrected chi connectivity index (χ2v) is 7.45. The molecule has 1 aliphatic rings. The predicted octanol–water partition coefficient (Wildman–Crippen LogP) is 2.68. The maximum absolute atomic E-state index is 12.7. The largest absolute Gasteiger partial charge is 0.243 e. The summed E-state index contributed by atoms with van der Waals surface area (Å²) in [7, 11) is -3.47. The van der Waals surface area contributed by atoms with Crippen molar-refractivity contribution in [3.05, 3.63) is 29.3 Å². The van der Waals surface area contributed by atoms with E-state index >= 15 is 0 Å². The molecule has 0 N–H and O–H groups in total. The molecule has 2 atom stereocenters. The van der Waals surface area contributed by atoms with Crippen LogP contribution in [0.15, 0.2) is 23.1 Å². The zero-order chi connectivity index (χ0) is 14.9. The van der Waals surface area contributed by atoms with Gasteiger partial charge in [0.15, 0.2) is 0 Å². The first-order valence-corrected chi connectivity index (χ1v) is 8.34. The number of piperidine rings is 1. The lowest BCUT2D eigenvalue weighted by molar-refractivity contribution is 0.202. The average Bonchev–Trinajstić information content (AvgIpc) is 2.41. The Hall–Kier alpha value is -1.38. The zero-order valence-corrected chi connectivity index (χ0v) is 12.9. The second kappa shape index (κ2) is 5.55. The normalized spacial score (nSPS) is 24.3. The fraction of sp³-hybridized carbons (Fsp3) is 0.533. The zero-order valence-electron chi connectivity index (χ0n) is 12.1. The van der Waals surface area contributed by atoms with Crippen molar-refractivity contribution in [3.63, 3.8) is 0 Å². The van der Waals surface area contributed by atoms with E-state index in [2.05, 4.69) is 13.0 Å². The lowest BCUT2D eigenvalue weighted by atomic mass is 9.94. The molecule has 20 heavy (non-hydrogen) atoms. The average molecular weight is 292 g/mol. The van der Waals surface area contributed by atoms with E-state index in [4.69, 9.17) is 5.26 Å². The van der Waals surface area contributed by atoms with Crippen LogP contribution in [0.4, 0.5) is 0 Å². The van der Waals surface area contributed by atoms with Gasteiger partial charge in [0.05, 0.1) is 16.5 Å². The molecule has 1 fully saturated rings. The molecular weight excluding hydrogens is 272 g/mol. The van der Waals surface area contributed by atoms with Gasteiger partial charge in [-0.25, -0.2) is 8.42 Å². The smallest absolute Gasteiger partial charge is 0.207 e. The van der Waals surface area contributed by atoms with Crippen LogP contribution in [0.3, 0.4) is 0 Å². The third kappa shape index (κ3) is 2.58. The first-order valence-electron chi connectivity index (χ1n) is 6.90. The molecule has 0 aromatic heterocycles. The van der Waals surface area contributed by atoms with E-state index in [0.717, 1.165) is 12.8 Å². The number of hydrogen-bond acceptors (Lipinski definition) is 3. The minimum Gasteiger partial charge on any atom is -0.207 e. The topological polar surface area (TPSA) is 61.2 Å². The van der Waals surface area contributed by atoms with Crippen LogP contribution in [0.2, 0.25) is 0 Å². The molecule has 1 heterocycles. The summed E-state index contributed by atoms with van der Waals surface area (Å²) in [5.41, 5.74) is 1.22. The Labute approximate surface area is 121 Å². The highest BCUT2D eigenvalue weighted by molar-refractivity contribution is 7.89. The Balaban J connectivity index is 2.40. The van der Waals surface area contributed by atoms with Crippen LogP contribution < -0.4 is 0 Å². The number of rotatable bonds is 2.